The number of imidazole rings is 1. The van der Waals surface area contributed by atoms with E-state index in [1.165, 1.54) is 12.1 Å². The second-order valence-corrected chi connectivity index (χ2v) is 9.51. The Balaban J connectivity index is 1.19. The van der Waals surface area contributed by atoms with Crippen LogP contribution in [-0.4, -0.2) is 64.4 Å². The van der Waals surface area contributed by atoms with Crippen LogP contribution in [0.1, 0.15) is 18.1 Å². The fourth-order valence-electron chi connectivity index (χ4n) is 4.77. The second kappa shape index (κ2) is 11.5. The highest BCUT2D eigenvalue weighted by molar-refractivity contribution is 5.92. The van der Waals surface area contributed by atoms with Crippen molar-refractivity contribution < 1.29 is 22.7 Å². The Morgan fingerprint density at radius 1 is 1.00 bits per heavy atom. The van der Waals surface area contributed by atoms with Crippen LogP contribution in [0.5, 0.6) is 5.75 Å². The van der Waals surface area contributed by atoms with Gasteiger partial charge in [0.1, 0.15) is 11.4 Å². The summed E-state index contributed by atoms with van der Waals surface area (Å²) < 4.78 is 49.1. The summed E-state index contributed by atoms with van der Waals surface area (Å²) >= 11 is 0. The van der Waals surface area contributed by atoms with Gasteiger partial charge in [-0.2, -0.15) is 13.2 Å². The number of fused-ring (bicyclic) bond motifs is 1. The molecule has 1 fully saturated rings. The van der Waals surface area contributed by atoms with Gasteiger partial charge in [-0.3, -0.25) is 14.1 Å². The SMILES string of the molecule is CCN1CCN(Cc2ccc(NC(=O)COc3ccc(-c4cnc5ccccn45)cc3)cc2C(F)(F)F)CC1. The number of alkyl halides is 3. The summed E-state index contributed by atoms with van der Waals surface area (Å²) in [4.78, 5) is 21.2. The molecule has 1 saturated heterocycles. The van der Waals surface area contributed by atoms with Crippen LogP contribution in [0.25, 0.3) is 16.9 Å². The molecule has 0 atom stereocenters. The maximum atomic E-state index is 13.9. The Hall–Kier alpha value is -3.89. The Bertz CT molecular complexity index is 1430. The number of amides is 1. The number of pyridine rings is 1. The number of piperazine rings is 1. The number of nitrogens with zero attached hydrogens (tertiary/aromatic N) is 4. The van der Waals surface area contributed by atoms with Crippen molar-refractivity contribution in [2.45, 2.75) is 19.6 Å². The van der Waals surface area contributed by atoms with E-state index in [0.29, 0.717) is 5.75 Å². The van der Waals surface area contributed by atoms with E-state index in [-0.39, 0.29) is 24.4 Å². The monoisotopic (exact) mass is 537 g/mol. The molecule has 0 aliphatic carbocycles. The maximum absolute atomic E-state index is 13.9. The standard InChI is InChI=1S/C29H30F3N5O2/c1-2-35-13-15-36(16-14-35)19-22-6-9-23(17-25(22)29(30,31)32)34-28(38)20-39-24-10-7-21(8-11-24)26-18-33-27-5-3-4-12-37(26)27/h3-12,17-18H,2,13-16,19-20H2,1H3,(H,34,38). The molecule has 4 aromatic rings. The van der Waals surface area contributed by atoms with Gasteiger partial charge >= 0.3 is 6.18 Å². The van der Waals surface area contributed by atoms with Gasteiger partial charge in [-0.05, 0) is 60.6 Å². The van der Waals surface area contributed by atoms with Crippen LogP contribution >= 0.6 is 0 Å². The van der Waals surface area contributed by atoms with Crippen molar-refractivity contribution in [3.8, 4) is 17.0 Å². The lowest BCUT2D eigenvalue weighted by Crippen LogP contribution is -2.45. The molecule has 1 aliphatic rings. The lowest BCUT2D eigenvalue weighted by molar-refractivity contribution is -0.138. The fourth-order valence-corrected chi connectivity index (χ4v) is 4.77. The molecule has 1 amide bonds. The zero-order valence-electron chi connectivity index (χ0n) is 21.6. The Morgan fingerprint density at radius 3 is 2.46 bits per heavy atom. The van der Waals surface area contributed by atoms with Crippen LogP contribution in [0.3, 0.4) is 0 Å². The van der Waals surface area contributed by atoms with E-state index in [2.05, 4.69) is 22.1 Å². The minimum Gasteiger partial charge on any atom is -0.484 e. The minimum atomic E-state index is -4.53. The first-order valence-electron chi connectivity index (χ1n) is 12.9. The number of hydrogen-bond donors (Lipinski definition) is 1. The normalized spacial score (nSPS) is 15.0. The van der Waals surface area contributed by atoms with Gasteiger partial charge in [0.05, 0.1) is 17.5 Å². The van der Waals surface area contributed by atoms with Crippen LogP contribution in [0.4, 0.5) is 18.9 Å². The lowest BCUT2D eigenvalue weighted by Gasteiger charge is -2.34. The smallest absolute Gasteiger partial charge is 0.416 e. The molecule has 1 N–H and O–H groups in total. The number of halogens is 3. The summed E-state index contributed by atoms with van der Waals surface area (Å²) in [6.45, 7) is 6.03. The molecule has 0 bridgehead atoms. The number of ether oxygens (including phenoxy) is 1. The average molecular weight is 538 g/mol. The largest absolute Gasteiger partial charge is 0.484 e. The zero-order chi connectivity index (χ0) is 27.4. The Labute approximate surface area is 224 Å². The van der Waals surface area contributed by atoms with E-state index in [1.54, 1.807) is 18.3 Å². The molecule has 0 radical (unpaired) electrons. The summed E-state index contributed by atoms with van der Waals surface area (Å²) in [5, 5.41) is 2.53. The number of rotatable bonds is 8. The fraction of sp³-hybridized carbons (Fsp3) is 0.310. The van der Waals surface area contributed by atoms with E-state index in [9.17, 15) is 18.0 Å². The first-order valence-corrected chi connectivity index (χ1v) is 12.9. The van der Waals surface area contributed by atoms with Crippen LogP contribution in [-0.2, 0) is 17.5 Å². The van der Waals surface area contributed by atoms with Crippen LogP contribution in [0.15, 0.2) is 73.1 Å². The van der Waals surface area contributed by atoms with Gasteiger partial charge in [-0.25, -0.2) is 4.98 Å². The number of carbonyl (C=O) groups is 1. The predicted octanol–water partition coefficient (Wildman–Crippen LogP) is 5.18. The number of carbonyl (C=O) groups excluding carboxylic acids is 1. The third-order valence-electron chi connectivity index (χ3n) is 6.94. The number of benzene rings is 2. The lowest BCUT2D eigenvalue weighted by atomic mass is 10.0. The molecule has 5 rings (SSSR count). The molecule has 0 unspecified atom stereocenters. The highest BCUT2D eigenvalue weighted by atomic mass is 19.4. The van der Waals surface area contributed by atoms with Gasteiger partial charge in [0.25, 0.3) is 5.91 Å². The van der Waals surface area contributed by atoms with Gasteiger partial charge in [0.15, 0.2) is 6.61 Å². The molecule has 2 aromatic carbocycles. The van der Waals surface area contributed by atoms with Gasteiger partial charge in [0, 0.05) is 50.2 Å². The minimum absolute atomic E-state index is 0.0819. The molecule has 2 aromatic heterocycles. The van der Waals surface area contributed by atoms with Crippen molar-refractivity contribution in [1.29, 1.82) is 0 Å². The molecule has 39 heavy (non-hydrogen) atoms. The number of aromatic nitrogens is 2. The summed E-state index contributed by atoms with van der Waals surface area (Å²) in [6, 6.07) is 16.9. The maximum Gasteiger partial charge on any atom is 0.416 e. The van der Waals surface area contributed by atoms with Gasteiger partial charge < -0.3 is 15.0 Å². The summed E-state index contributed by atoms with van der Waals surface area (Å²) in [5.74, 6) is -0.0744. The van der Waals surface area contributed by atoms with E-state index < -0.39 is 17.6 Å². The van der Waals surface area contributed by atoms with E-state index in [4.69, 9.17) is 4.74 Å². The van der Waals surface area contributed by atoms with Gasteiger partial charge in [-0.1, -0.05) is 19.1 Å². The van der Waals surface area contributed by atoms with E-state index in [1.807, 2.05) is 45.8 Å². The van der Waals surface area contributed by atoms with Crippen molar-refractivity contribution in [3.05, 3.63) is 84.2 Å². The zero-order valence-corrected chi connectivity index (χ0v) is 21.6. The molecule has 204 valence electrons. The first-order chi connectivity index (χ1) is 18.8. The highest BCUT2D eigenvalue weighted by Crippen LogP contribution is 2.34. The molecule has 10 heteroatoms. The molecular weight excluding hydrogens is 507 g/mol. The molecule has 7 nitrogen and oxygen atoms in total. The molecule has 1 aliphatic heterocycles. The number of hydrogen-bond acceptors (Lipinski definition) is 5. The van der Waals surface area contributed by atoms with Crippen molar-refractivity contribution in [1.82, 2.24) is 19.2 Å². The van der Waals surface area contributed by atoms with Crippen molar-refractivity contribution in [2.75, 3.05) is 44.6 Å². The number of anilines is 1. The molecular formula is C29H30F3N5O2. The predicted molar refractivity (Wildman–Crippen MR) is 144 cm³/mol. The van der Waals surface area contributed by atoms with Crippen LogP contribution in [0.2, 0.25) is 0 Å². The molecule has 0 saturated carbocycles. The molecule has 3 heterocycles. The average Bonchev–Trinajstić information content (AvgIpc) is 3.37. The first kappa shape index (κ1) is 26.7. The highest BCUT2D eigenvalue weighted by Gasteiger charge is 2.34. The number of likely N-dealkylation sites (N-methyl/N-ethyl adjacent to an activating group) is 1. The topological polar surface area (TPSA) is 62.1 Å². The quantitative estimate of drug-likeness (QED) is 0.336. The molecule has 0 spiro atoms. The van der Waals surface area contributed by atoms with Crippen molar-refractivity contribution in [3.63, 3.8) is 0 Å². The number of nitrogens with one attached hydrogen (secondary N) is 1. The Morgan fingerprint density at radius 2 is 1.74 bits per heavy atom. The third kappa shape index (κ3) is 6.40. The van der Waals surface area contributed by atoms with Crippen LogP contribution < -0.4 is 10.1 Å². The second-order valence-electron chi connectivity index (χ2n) is 9.51. The van der Waals surface area contributed by atoms with Crippen molar-refractivity contribution >= 4 is 17.2 Å². The van der Waals surface area contributed by atoms with Gasteiger partial charge in [0.2, 0.25) is 0 Å². The Kier molecular flexibility index (Phi) is 7.85. The summed E-state index contributed by atoms with van der Waals surface area (Å²) in [7, 11) is 0. The van der Waals surface area contributed by atoms with Gasteiger partial charge in [-0.15, -0.1) is 0 Å². The van der Waals surface area contributed by atoms with Crippen LogP contribution in [0, 0.1) is 0 Å². The summed E-state index contributed by atoms with van der Waals surface area (Å²) in [6.07, 6.45) is -0.817. The van der Waals surface area contributed by atoms with E-state index in [0.717, 1.165) is 55.7 Å². The third-order valence-corrected chi connectivity index (χ3v) is 6.94. The van der Waals surface area contributed by atoms with Crippen molar-refractivity contribution in [2.24, 2.45) is 0 Å². The summed E-state index contributed by atoms with van der Waals surface area (Å²) in [5.41, 5.74) is 2.23. The van der Waals surface area contributed by atoms with E-state index >= 15 is 0 Å².